The molecule has 25 heavy (non-hydrogen) atoms. The van der Waals surface area contributed by atoms with E-state index in [-0.39, 0.29) is 24.0 Å². The highest BCUT2D eigenvalue weighted by molar-refractivity contribution is 14.0. The van der Waals surface area contributed by atoms with Gasteiger partial charge in [-0.2, -0.15) is 0 Å². The first kappa shape index (κ1) is 27.1. The molecule has 0 aliphatic heterocycles. The van der Waals surface area contributed by atoms with E-state index in [9.17, 15) is 0 Å². The third-order valence-electron chi connectivity index (χ3n) is 4.14. The van der Waals surface area contributed by atoms with Gasteiger partial charge >= 0.3 is 0 Å². The van der Waals surface area contributed by atoms with E-state index in [1.807, 2.05) is 7.05 Å². The van der Waals surface area contributed by atoms with E-state index >= 15 is 0 Å². The third kappa shape index (κ3) is 17.1. The maximum absolute atomic E-state index is 5.78. The summed E-state index contributed by atoms with van der Waals surface area (Å²) in [6.45, 7) is 10.4. The Morgan fingerprint density at radius 3 is 2.16 bits per heavy atom. The Morgan fingerprint density at radius 1 is 1.00 bits per heavy atom. The van der Waals surface area contributed by atoms with Crippen LogP contribution in [0.2, 0.25) is 0 Å². The summed E-state index contributed by atoms with van der Waals surface area (Å²) in [6.07, 6.45) is 7.79. The average Bonchev–Trinajstić information content (AvgIpc) is 2.54. The summed E-state index contributed by atoms with van der Waals surface area (Å²) in [7, 11) is 6.11. The number of aliphatic imine (C=N–C) groups is 1. The van der Waals surface area contributed by atoms with Crippen molar-refractivity contribution in [1.82, 2.24) is 15.5 Å². The van der Waals surface area contributed by atoms with Crippen LogP contribution in [0.25, 0.3) is 0 Å². The number of hydrogen-bond acceptors (Lipinski definition) is 3. The second-order valence-corrected chi connectivity index (χ2v) is 7.02. The predicted molar refractivity (Wildman–Crippen MR) is 121 cm³/mol. The fourth-order valence-corrected chi connectivity index (χ4v) is 2.67. The Morgan fingerprint density at radius 2 is 1.60 bits per heavy atom. The van der Waals surface area contributed by atoms with Crippen molar-refractivity contribution < 1.29 is 4.74 Å². The van der Waals surface area contributed by atoms with Crippen LogP contribution in [0, 0.1) is 5.92 Å². The molecule has 0 spiro atoms. The summed E-state index contributed by atoms with van der Waals surface area (Å²) < 4.78 is 5.78. The van der Waals surface area contributed by atoms with Crippen molar-refractivity contribution in [2.75, 3.05) is 47.4 Å². The summed E-state index contributed by atoms with van der Waals surface area (Å²) in [5.74, 6) is 1.45. The number of halogens is 1. The van der Waals surface area contributed by atoms with E-state index in [2.05, 4.69) is 55.4 Å². The summed E-state index contributed by atoms with van der Waals surface area (Å²) in [5.41, 5.74) is 0. The molecule has 0 aromatic rings. The van der Waals surface area contributed by atoms with Gasteiger partial charge in [-0.15, -0.1) is 24.0 Å². The smallest absolute Gasteiger partial charge is 0.190 e. The van der Waals surface area contributed by atoms with Crippen LogP contribution in [0.15, 0.2) is 4.99 Å². The summed E-state index contributed by atoms with van der Waals surface area (Å²) in [6, 6.07) is 0. The number of nitrogens with one attached hydrogen (secondary N) is 2. The summed E-state index contributed by atoms with van der Waals surface area (Å²) in [5, 5.41) is 6.79. The molecule has 0 aliphatic rings. The molecule has 0 aromatic heterocycles. The molecular formula is C19H43IN4O. The quantitative estimate of drug-likeness (QED) is 0.176. The summed E-state index contributed by atoms with van der Waals surface area (Å²) >= 11 is 0. The van der Waals surface area contributed by atoms with Crippen molar-refractivity contribution in [2.24, 2.45) is 10.9 Å². The van der Waals surface area contributed by atoms with Gasteiger partial charge < -0.3 is 20.3 Å². The first-order valence-electron chi connectivity index (χ1n) is 9.72. The maximum Gasteiger partial charge on any atom is 0.190 e. The standard InChI is InChI=1S/C19H42N4O.HI/c1-7-24-18(17(2)3)13-15-22-19(20-4)21-14-11-9-8-10-12-16-23(5)6;/h17-18H,7-16H2,1-6H3,(H2,20,21,22);1H. The van der Waals surface area contributed by atoms with Crippen molar-refractivity contribution in [3.8, 4) is 0 Å². The van der Waals surface area contributed by atoms with E-state index in [0.717, 1.165) is 32.1 Å². The van der Waals surface area contributed by atoms with Crippen molar-refractivity contribution in [2.45, 2.75) is 65.4 Å². The van der Waals surface area contributed by atoms with E-state index < -0.39 is 0 Å². The number of unbranched alkanes of at least 4 members (excludes halogenated alkanes) is 4. The number of ether oxygens (including phenoxy) is 1. The van der Waals surface area contributed by atoms with E-state index in [1.165, 1.54) is 38.6 Å². The Hall–Kier alpha value is -0.0800. The van der Waals surface area contributed by atoms with E-state index in [4.69, 9.17) is 4.74 Å². The van der Waals surface area contributed by atoms with Gasteiger partial charge in [0.15, 0.2) is 5.96 Å². The van der Waals surface area contributed by atoms with Crippen LogP contribution in [0.4, 0.5) is 0 Å². The van der Waals surface area contributed by atoms with Crippen LogP contribution >= 0.6 is 24.0 Å². The normalized spacial score (nSPS) is 13.0. The highest BCUT2D eigenvalue weighted by Gasteiger charge is 2.12. The molecule has 2 N–H and O–H groups in total. The Kier molecular flexibility index (Phi) is 20.3. The SMILES string of the molecule is CCOC(CCNC(=NC)NCCCCCCCN(C)C)C(C)C.I. The summed E-state index contributed by atoms with van der Waals surface area (Å²) in [4.78, 5) is 6.55. The molecule has 0 aliphatic carbocycles. The molecule has 5 nitrogen and oxygen atoms in total. The number of guanidine groups is 1. The molecule has 0 heterocycles. The largest absolute Gasteiger partial charge is 0.378 e. The Bertz CT molecular complexity index is 312. The number of rotatable bonds is 14. The van der Waals surface area contributed by atoms with Gasteiger partial charge in [0.25, 0.3) is 0 Å². The number of hydrogen-bond donors (Lipinski definition) is 2. The molecule has 0 bridgehead atoms. The zero-order valence-electron chi connectivity index (χ0n) is 17.4. The molecular weight excluding hydrogens is 427 g/mol. The molecule has 0 saturated heterocycles. The second kappa shape index (κ2) is 18.7. The monoisotopic (exact) mass is 470 g/mol. The van der Waals surface area contributed by atoms with E-state index in [0.29, 0.717) is 12.0 Å². The fourth-order valence-electron chi connectivity index (χ4n) is 2.67. The van der Waals surface area contributed by atoms with Crippen LogP contribution in [-0.2, 0) is 4.74 Å². The molecule has 152 valence electrons. The first-order chi connectivity index (χ1) is 11.5. The zero-order valence-corrected chi connectivity index (χ0v) is 19.8. The lowest BCUT2D eigenvalue weighted by atomic mass is 10.0. The van der Waals surface area contributed by atoms with Crippen LogP contribution in [0.5, 0.6) is 0 Å². The first-order valence-corrected chi connectivity index (χ1v) is 9.72. The van der Waals surface area contributed by atoms with Gasteiger partial charge in [0.1, 0.15) is 0 Å². The predicted octanol–water partition coefficient (Wildman–Crippen LogP) is 3.73. The lowest BCUT2D eigenvalue weighted by Gasteiger charge is -2.21. The van der Waals surface area contributed by atoms with Crippen LogP contribution in [0.3, 0.4) is 0 Å². The molecule has 0 aromatic carbocycles. The van der Waals surface area contributed by atoms with Crippen LogP contribution < -0.4 is 10.6 Å². The third-order valence-corrected chi connectivity index (χ3v) is 4.14. The molecule has 1 unspecified atom stereocenters. The van der Waals surface area contributed by atoms with Crippen molar-refractivity contribution in [3.63, 3.8) is 0 Å². The number of nitrogens with zero attached hydrogens (tertiary/aromatic N) is 2. The minimum absolute atomic E-state index is 0. The van der Waals surface area contributed by atoms with Crippen molar-refractivity contribution in [1.29, 1.82) is 0 Å². The van der Waals surface area contributed by atoms with Gasteiger partial charge in [-0.3, -0.25) is 4.99 Å². The second-order valence-electron chi connectivity index (χ2n) is 7.02. The van der Waals surface area contributed by atoms with Gasteiger partial charge in [0.2, 0.25) is 0 Å². The van der Waals surface area contributed by atoms with Gasteiger partial charge in [-0.1, -0.05) is 33.1 Å². The molecule has 1 atom stereocenters. The topological polar surface area (TPSA) is 48.9 Å². The molecule has 0 radical (unpaired) electrons. The van der Waals surface area contributed by atoms with Gasteiger partial charge in [0, 0.05) is 26.7 Å². The lowest BCUT2D eigenvalue weighted by Crippen LogP contribution is -2.39. The molecule has 0 saturated carbocycles. The Labute approximate surface area is 173 Å². The van der Waals surface area contributed by atoms with Crippen molar-refractivity contribution in [3.05, 3.63) is 0 Å². The minimum Gasteiger partial charge on any atom is -0.378 e. The highest BCUT2D eigenvalue weighted by atomic mass is 127. The lowest BCUT2D eigenvalue weighted by molar-refractivity contribution is 0.0258. The molecule has 0 fully saturated rings. The van der Waals surface area contributed by atoms with Crippen molar-refractivity contribution >= 4 is 29.9 Å². The zero-order chi connectivity index (χ0) is 18.2. The maximum atomic E-state index is 5.78. The van der Waals surface area contributed by atoms with Gasteiger partial charge in [-0.25, -0.2) is 0 Å². The molecule has 0 amide bonds. The fraction of sp³-hybridized carbons (Fsp3) is 0.947. The van der Waals surface area contributed by atoms with E-state index in [1.54, 1.807) is 0 Å². The highest BCUT2D eigenvalue weighted by Crippen LogP contribution is 2.09. The van der Waals surface area contributed by atoms with Crippen LogP contribution in [0.1, 0.15) is 59.3 Å². The van der Waals surface area contributed by atoms with Crippen LogP contribution in [-0.4, -0.2) is 64.3 Å². The minimum atomic E-state index is 0. The molecule has 0 rings (SSSR count). The molecule has 6 heteroatoms. The Balaban J connectivity index is 0. The van der Waals surface area contributed by atoms with Gasteiger partial charge in [0.05, 0.1) is 6.10 Å². The average molecular weight is 470 g/mol. The van der Waals surface area contributed by atoms with Gasteiger partial charge in [-0.05, 0) is 52.7 Å².